The molecule has 1 heterocycles. The van der Waals surface area contributed by atoms with Crippen LogP contribution in [0.1, 0.15) is 66.2 Å². The first-order valence-corrected chi connectivity index (χ1v) is 6.37. The Kier molecular flexibility index (Phi) is 5.07. The van der Waals surface area contributed by atoms with Gasteiger partial charge in [-0.3, -0.25) is 0 Å². The van der Waals surface area contributed by atoms with Crippen molar-refractivity contribution in [2.45, 2.75) is 84.2 Å². The fourth-order valence-electron chi connectivity index (χ4n) is 2.07. The molecule has 0 aromatic heterocycles. The Balaban J connectivity index is 2.31. The van der Waals surface area contributed by atoms with Crippen molar-refractivity contribution in [2.24, 2.45) is 0 Å². The van der Waals surface area contributed by atoms with Crippen molar-refractivity contribution in [2.75, 3.05) is 0 Å². The zero-order valence-electron chi connectivity index (χ0n) is 10.7. The Bertz CT molecular complexity index is 177. The zero-order valence-corrected chi connectivity index (χ0v) is 10.7. The summed E-state index contributed by atoms with van der Waals surface area (Å²) >= 11 is 0. The van der Waals surface area contributed by atoms with Crippen LogP contribution >= 0.6 is 0 Å². The first-order valence-electron chi connectivity index (χ1n) is 6.37. The largest absolute Gasteiger partial charge is 0.350 e. The third-order valence-electron chi connectivity index (χ3n) is 3.02. The average molecular weight is 214 g/mol. The second-order valence-corrected chi connectivity index (χ2v) is 5.29. The predicted molar refractivity (Wildman–Crippen MR) is 62.9 cm³/mol. The summed E-state index contributed by atoms with van der Waals surface area (Å²) in [6.07, 6.45) is 7.44. The smallest absolute Gasteiger partial charge is 0.158 e. The molecule has 2 nitrogen and oxygen atoms in total. The van der Waals surface area contributed by atoms with E-state index in [4.69, 9.17) is 9.47 Å². The van der Waals surface area contributed by atoms with Crippen LogP contribution in [0.3, 0.4) is 0 Å². The molecule has 0 N–H and O–H groups in total. The fraction of sp³-hybridized carbons (Fsp3) is 1.00. The second kappa shape index (κ2) is 5.86. The van der Waals surface area contributed by atoms with Crippen molar-refractivity contribution in [3.8, 4) is 0 Å². The first kappa shape index (κ1) is 13.0. The molecule has 0 aliphatic carbocycles. The zero-order chi connectivity index (χ0) is 11.3. The Morgan fingerprint density at radius 1 is 1.33 bits per heavy atom. The summed E-state index contributed by atoms with van der Waals surface area (Å²) in [5.41, 5.74) is -0.0300. The topological polar surface area (TPSA) is 18.5 Å². The summed E-state index contributed by atoms with van der Waals surface area (Å²) < 4.78 is 11.8. The molecule has 2 atom stereocenters. The molecule has 0 saturated carbocycles. The highest BCUT2D eigenvalue weighted by Crippen LogP contribution is 2.26. The van der Waals surface area contributed by atoms with Crippen LogP contribution in [0.15, 0.2) is 0 Å². The first-order chi connectivity index (χ1) is 7.03. The van der Waals surface area contributed by atoms with Gasteiger partial charge in [-0.05, 0) is 46.5 Å². The molecule has 90 valence electrons. The molecule has 0 aromatic rings. The number of rotatable bonds is 5. The molecule has 0 spiro atoms. The maximum absolute atomic E-state index is 6.03. The van der Waals surface area contributed by atoms with Crippen molar-refractivity contribution in [1.82, 2.24) is 0 Å². The quantitative estimate of drug-likeness (QED) is 0.691. The molecule has 1 aliphatic heterocycles. The van der Waals surface area contributed by atoms with Gasteiger partial charge in [0.2, 0.25) is 0 Å². The van der Waals surface area contributed by atoms with Gasteiger partial charge in [-0.1, -0.05) is 19.8 Å². The van der Waals surface area contributed by atoms with E-state index in [9.17, 15) is 0 Å². The van der Waals surface area contributed by atoms with E-state index < -0.39 is 0 Å². The van der Waals surface area contributed by atoms with Gasteiger partial charge in [0.25, 0.3) is 0 Å². The molecule has 0 amide bonds. The van der Waals surface area contributed by atoms with Crippen molar-refractivity contribution in [3.63, 3.8) is 0 Å². The third-order valence-corrected chi connectivity index (χ3v) is 3.02. The number of hydrogen-bond acceptors (Lipinski definition) is 2. The average Bonchev–Trinajstić information content (AvgIpc) is 2.14. The highest BCUT2D eigenvalue weighted by atomic mass is 16.7. The third kappa shape index (κ3) is 4.98. The number of unbranched alkanes of at least 4 members (excludes halogenated alkanes) is 1. The van der Waals surface area contributed by atoms with Gasteiger partial charge in [-0.2, -0.15) is 0 Å². The highest BCUT2D eigenvalue weighted by Gasteiger charge is 2.27. The lowest BCUT2D eigenvalue weighted by Gasteiger charge is -2.35. The van der Waals surface area contributed by atoms with Crippen LogP contribution in [0.2, 0.25) is 0 Å². The Morgan fingerprint density at radius 3 is 2.67 bits per heavy atom. The Labute approximate surface area is 94.3 Å². The molecule has 0 aromatic carbocycles. The van der Waals surface area contributed by atoms with Gasteiger partial charge in [0.05, 0.1) is 11.7 Å². The van der Waals surface area contributed by atoms with E-state index in [1.165, 1.54) is 25.7 Å². The van der Waals surface area contributed by atoms with E-state index >= 15 is 0 Å². The lowest BCUT2D eigenvalue weighted by Crippen LogP contribution is -2.36. The van der Waals surface area contributed by atoms with E-state index in [1.807, 2.05) is 0 Å². The lowest BCUT2D eigenvalue weighted by atomic mass is 10.0. The standard InChI is InChI=1S/C13H26O2/c1-5-6-10-13(3,4)15-12-9-7-8-11(2)14-12/h11-12H,5-10H2,1-4H3/t11-,12-/m1/s1. The van der Waals surface area contributed by atoms with Crippen LogP contribution in [-0.2, 0) is 9.47 Å². The summed E-state index contributed by atoms with van der Waals surface area (Å²) in [6.45, 7) is 8.69. The molecule has 15 heavy (non-hydrogen) atoms. The number of hydrogen-bond donors (Lipinski definition) is 0. The van der Waals surface area contributed by atoms with Crippen molar-refractivity contribution >= 4 is 0 Å². The molecule has 1 rings (SSSR count). The van der Waals surface area contributed by atoms with Crippen LogP contribution in [0.5, 0.6) is 0 Å². The molecular weight excluding hydrogens is 188 g/mol. The van der Waals surface area contributed by atoms with Crippen molar-refractivity contribution in [1.29, 1.82) is 0 Å². The maximum Gasteiger partial charge on any atom is 0.158 e. The summed E-state index contributed by atoms with van der Waals surface area (Å²) in [5.74, 6) is 0. The molecule has 1 saturated heterocycles. The normalized spacial score (nSPS) is 28.0. The van der Waals surface area contributed by atoms with Gasteiger partial charge in [-0.25, -0.2) is 0 Å². The van der Waals surface area contributed by atoms with E-state index in [2.05, 4.69) is 27.7 Å². The Hall–Kier alpha value is -0.0800. The van der Waals surface area contributed by atoms with Gasteiger partial charge in [0, 0.05) is 0 Å². The predicted octanol–water partition coefficient (Wildman–Crippen LogP) is 3.89. The van der Waals surface area contributed by atoms with Crippen LogP contribution in [0, 0.1) is 0 Å². The lowest BCUT2D eigenvalue weighted by molar-refractivity contribution is -0.235. The molecular formula is C13H26O2. The SMILES string of the molecule is CCCCC(C)(C)O[C@@H]1CCC[C@@H](C)O1. The summed E-state index contributed by atoms with van der Waals surface area (Å²) in [5, 5.41) is 0. The summed E-state index contributed by atoms with van der Waals surface area (Å²) in [7, 11) is 0. The van der Waals surface area contributed by atoms with E-state index in [0.29, 0.717) is 6.10 Å². The fourth-order valence-corrected chi connectivity index (χ4v) is 2.07. The van der Waals surface area contributed by atoms with Crippen LogP contribution in [-0.4, -0.2) is 18.0 Å². The van der Waals surface area contributed by atoms with Crippen LogP contribution in [0.4, 0.5) is 0 Å². The summed E-state index contributed by atoms with van der Waals surface area (Å²) in [4.78, 5) is 0. The van der Waals surface area contributed by atoms with Crippen LogP contribution < -0.4 is 0 Å². The van der Waals surface area contributed by atoms with Gasteiger partial charge in [0.15, 0.2) is 6.29 Å². The molecule has 0 radical (unpaired) electrons. The maximum atomic E-state index is 6.03. The molecule has 0 unspecified atom stereocenters. The monoisotopic (exact) mass is 214 g/mol. The minimum atomic E-state index is -0.0300. The molecule has 1 fully saturated rings. The van der Waals surface area contributed by atoms with Gasteiger partial charge >= 0.3 is 0 Å². The van der Waals surface area contributed by atoms with Gasteiger partial charge in [-0.15, -0.1) is 0 Å². The van der Waals surface area contributed by atoms with Gasteiger partial charge in [0.1, 0.15) is 0 Å². The molecule has 2 heteroatoms. The van der Waals surface area contributed by atoms with Crippen molar-refractivity contribution in [3.05, 3.63) is 0 Å². The Morgan fingerprint density at radius 2 is 2.07 bits per heavy atom. The molecule has 0 bridgehead atoms. The highest BCUT2D eigenvalue weighted by molar-refractivity contribution is 4.71. The second-order valence-electron chi connectivity index (χ2n) is 5.29. The minimum absolute atomic E-state index is 0.0283. The van der Waals surface area contributed by atoms with E-state index in [0.717, 1.165) is 12.8 Å². The van der Waals surface area contributed by atoms with E-state index in [1.54, 1.807) is 0 Å². The minimum Gasteiger partial charge on any atom is -0.350 e. The van der Waals surface area contributed by atoms with Crippen LogP contribution in [0.25, 0.3) is 0 Å². The van der Waals surface area contributed by atoms with Gasteiger partial charge < -0.3 is 9.47 Å². The number of ether oxygens (including phenoxy) is 2. The molecule has 1 aliphatic rings. The van der Waals surface area contributed by atoms with E-state index in [-0.39, 0.29) is 11.9 Å². The van der Waals surface area contributed by atoms with Crippen molar-refractivity contribution < 1.29 is 9.47 Å². The summed E-state index contributed by atoms with van der Waals surface area (Å²) in [6, 6.07) is 0.